The summed E-state index contributed by atoms with van der Waals surface area (Å²) in [5.74, 6) is -0.282. The van der Waals surface area contributed by atoms with Crippen molar-refractivity contribution < 1.29 is 14.6 Å². The molecule has 0 fully saturated rings. The molecule has 0 aliphatic carbocycles. The van der Waals surface area contributed by atoms with Crippen molar-refractivity contribution in [3.8, 4) is 11.8 Å². The third-order valence-electron chi connectivity index (χ3n) is 6.15. The van der Waals surface area contributed by atoms with Gasteiger partial charge >= 0.3 is 5.97 Å². The van der Waals surface area contributed by atoms with Gasteiger partial charge in [-0.2, -0.15) is 5.26 Å². The molecular weight excluding hydrogens is 521 g/mol. The maximum absolute atomic E-state index is 12.1. The molecule has 0 radical (unpaired) electrons. The van der Waals surface area contributed by atoms with E-state index in [2.05, 4.69) is 6.07 Å². The molecule has 4 rings (SSSR count). The lowest BCUT2D eigenvalue weighted by Gasteiger charge is -2.24. The van der Waals surface area contributed by atoms with E-state index in [-0.39, 0.29) is 5.69 Å². The highest BCUT2D eigenvalue weighted by Crippen LogP contribution is 2.31. The van der Waals surface area contributed by atoms with Gasteiger partial charge in [-0.15, -0.1) is 0 Å². The molecule has 0 amide bonds. The van der Waals surface area contributed by atoms with E-state index in [4.69, 9.17) is 27.9 Å². The van der Waals surface area contributed by atoms with E-state index in [9.17, 15) is 15.2 Å². The van der Waals surface area contributed by atoms with Crippen molar-refractivity contribution in [1.29, 1.82) is 5.26 Å². The van der Waals surface area contributed by atoms with Crippen LogP contribution in [0.5, 0.6) is 5.75 Å². The van der Waals surface area contributed by atoms with Crippen LogP contribution in [0.4, 0.5) is 11.4 Å². The van der Waals surface area contributed by atoms with E-state index in [0.29, 0.717) is 42.4 Å². The molecule has 1 aromatic heterocycles. The number of aromatic carboxylic acids is 1. The maximum atomic E-state index is 12.1. The van der Waals surface area contributed by atoms with Crippen molar-refractivity contribution >= 4 is 40.5 Å². The predicted octanol–water partition coefficient (Wildman–Crippen LogP) is 7.79. The Labute approximate surface area is 232 Å². The number of aromatic nitrogens is 1. The Hall–Kier alpha value is -3.92. The summed E-state index contributed by atoms with van der Waals surface area (Å²) in [7, 11) is 0. The molecule has 0 aliphatic heterocycles. The molecule has 0 saturated heterocycles. The maximum Gasteiger partial charge on any atom is 0.352 e. The van der Waals surface area contributed by atoms with Crippen LogP contribution in [-0.2, 0) is 13.1 Å². The molecule has 38 heavy (non-hydrogen) atoms. The van der Waals surface area contributed by atoms with Gasteiger partial charge in [0.05, 0.1) is 23.9 Å². The van der Waals surface area contributed by atoms with Gasteiger partial charge in [0.25, 0.3) is 0 Å². The smallest absolute Gasteiger partial charge is 0.352 e. The summed E-state index contributed by atoms with van der Waals surface area (Å²) < 4.78 is 7.63. The van der Waals surface area contributed by atoms with Crippen LogP contribution in [0.2, 0.25) is 10.0 Å². The van der Waals surface area contributed by atoms with Crippen molar-refractivity contribution in [3.63, 3.8) is 0 Å². The summed E-state index contributed by atoms with van der Waals surface area (Å²) in [4.78, 5) is 14.1. The molecule has 194 valence electrons. The summed E-state index contributed by atoms with van der Waals surface area (Å²) in [6.45, 7) is 5.19. The molecular formula is C30H27Cl2N3O3. The highest BCUT2D eigenvalue weighted by Gasteiger charge is 2.19. The van der Waals surface area contributed by atoms with E-state index < -0.39 is 5.97 Å². The Balaban J connectivity index is 1.58. The summed E-state index contributed by atoms with van der Waals surface area (Å²) in [6, 6.07) is 22.4. The Morgan fingerprint density at radius 2 is 1.76 bits per heavy atom. The SMILES string of the molecule is Cc1cc(OCCCn2cc(N(Cc3cccc(Cl)c3)c3cccc(C#N)c3)cc2C(=O)O)cc(C)c1Cl. The van der Waals surface area contributed by atoms with Crippen LogP contribution in [0.1, 0.15) is 39.2 Å². The van der Waals surface area contributed by atoms with Crippen LogP contribution in [0.15, 0.2) is 72.9 Å². The number of hydrogen-bond donors (Lipinski definition) is 1. The number of nitriles is 1. The van der Waals surface area contributed by atoms with Crippen LogP contribution >= 0.6 is 23.2 Å². The standard InChI is InChI=1S/C30H27Cl2N3O3/c1-20-12-27(13-21(2)29(20)32)38-11-5-10-34-19-26(16-28(34)30(36)37)35(18-23-7-3-8-24(31)14-23)25-9-4-6-22(15-25)17-33/h3-4,6-9,12-16,19H,5,10-11,18H2,1-2H3,(H,36,37). The van der Waals surface area contributed by atoms with Gasteiger partial charge in [-0.25, -0.2) is 4.79 Å². The van der Waals surface area contributed by atoms with Crippen molar-refractivity contribution in [2.75, 3.05) is 11.5 Å². The topological polar surface area (TPSA) is 78.5 Å². The molecule has 0 atom stereocenters. The number of carboxylic acid groups (broad SMARTS) is 1. The number of halogens is 2. The molecule has 0 saturated carbocycles. The van der Waals surface area contributed by atoms with Gasteiger partial charge in [-0.1, -0.05) is 41.4 Å². The lowest BCUT2D eigenvalue weighted by Crippen LogP contribution is -2.16. The average Bonchev–Trinajstić information content (AvgIpc) is 3.32. The molecule has 6 nitrogen and oxygen atoms in total. The molecule has 1 heterocycles. The number of anilines is 2. The molecule has 8 heteroatoms. The first-order chi connectivity index (χ1) is 18.2. The van der Waals surface area contributed by atoms with Crippen molar-refractivity contribution in [1.82, 2.24) is 4.57 Å². The number of carbonyl (C=O) groups is 1. The molecule has 4 aromatic rings. The number of rotatable bonds is 10. The van der Waals surface area contributed by atoms with Gasteiger partial charge in [-0.05, 0) is 85.5 Å². The zero-order chi connectivity index (χ0) is 27.2. The Bertz CT molecular complexity index is 1480. The predicted molar refractivity (Wildman–Crippen MR) is 151 cm³/mol. The minimum absolute atomic E-state index is 0.172. The van der Waals surface area contributed by atoms with Gasteiger partial charge in [0, 0.05) is 35.0 Å². The van der Waals surface area contributed by atoms with Crippen molar-refractivity contribution in [2.45, 2.75) is 33.4 Å². The number of carboxylic acids is 1. The first-order valence-corrected chi connectivity index (χ1v) is 12.9. The second-order valence-corrected chi connectivity index (χ2v) is 9.85. The fourth-order valence-electron chi connectivity index (χ4n) is 4.31. The van der Waals surface area contributed by atoms with Crippen molar-refractivity contribution in [3.05, 3.63) is 111 Å². The minimum atomic E-state index is -1.02. The number of ether oxygens (including phenoxy) is 1. The fourth-order valence-corrected chi connectivity index (χ4v) is 4.64. The number of benzene rings is 3. The Morgan fingerprint density at radius 3 is 2.45 bits per heavy atom. The number of nitrogens with zero attached hydrogens (tertiary/aromatic N) is 3. The molecule has 3 aromatic carbocycles. The second kappa shape index (κ2) is 12.1. The quantitative estimate of drug-likeness (QED) is 0.205. The fraction of sp³-hybridized carbons (Fsp3) is 0.200. The van der Waals surface area contributed by atoms with Crippen LogP contribution in [-0.4, -0.2) is 22.2 Å². The zero-order valence-electron chi connectivity index (χ0n) is 21.1. The Kier molecular flexibility index (Phi) is 8.62. The molecule has 0 spiro atoms. The van der Waals surface area contributed by atoms with Crippen molar-refractivity contribution in [2.24, 2.45) is 0 Å². The molecule has 0 bridgehead atoms. The van der Waals surface area contributed by atoms with Crippen LogP contribution in [0.3, 0.4) is 0 Å². The summed E-state index contributed by atoms with van der Waals surface area (Å²) in [6.07, 6.45) is 2.43. The van der Waals surface area contributed by atoms with E-state index in [1.165, 1.54) is 0 Å². The molecule has 0 unspecified atom stereocenters. The van der Waals surface area contributed by atoms with Gasteiger partial charge in [0.1, 0.15) is 11.4 Å². The number of hydrogen-bond acceptors (Lipinski definition) is 4. The largest absolute Gasteiger partial charge is 0.494 e. The highest BCUT2D eigenvalue weighted by molar-refractivity contribution is 6.32. The lowest BCUT2D eigenvalue weighted by atomic mass is 10.1. The van der Waals surface area contributed by atoms with Gasteiger partial charge in [0.15, 0.2) is 0 Å². The molecule has 0 aliphatic rings. The van der Waals surface area contributed by atoms with E-state index in [0.717, 1.165) is 33.1 Å². The van der Waals surface area contributed by atoms with Gasteiger partial charge in [-0.3, -0.25) is 0 Å². The summed E-state index contributed by atoms with van der Waals surface area (Å²) in [5.41, 5.74) is 5.01. The normalized spacial score (nSPS) is 10.7. The monoisotopic (exact) mass is 547 g/mol. The van der Waals surface area contributed by atoms with Crippen LogP contribution < -0.4 is 9.64 Å². The zero-order valence-corrected chi connectivity index (χ0v) is 22.6. The van der Waals surface area contributed by atoms with Crippen LogP contribution in [0.25, 0.3) is 0 Å². The van der Waals surface area contributed by atoms with Crippen LogP contribution in [0, 0.1) is 25.2 Å². The third-order valence-corrected chi connectivity index (χ3v) is 6.98. The Morgan fingerprint density at radius 1 is 1.03 bits per heavy atom. The van der Waals surface area contributed by atoms with E-state index in [1.54, 1.807) is 28.8 Å². The van der Waals surface area contributed by atoms with Gasteiger partial charge < -0.3 is 19.3 Å². The lowest BCUT2D eigenvalue weighted by molar-refractivity contribution is 0.0684. The summed E-state index contributed by atoms with van der Waals surface area (Å²) >= 11 is 12.5. The minimum Gasteiger partial charge on any atom is -0.494 e. The summed E-state index contributed by atoms with van der Waals surface area (Å²) in [5, 5.41) is 20.7. The average molecular weight is 548 g/mol. The first kappa shape index (κ1) is 27.1. The second-order valence-electron chi connectivity index (χ2n) is 9.03. The van der Waals surface area contributed by atoms with E-state index >= 15 is 0 Å². The molecule has 1 N–H and O–H groups in total. The van der Waals surface area contributed by atoms with E-state index in [1.807, 2.05) is 67.4 Å². The number of aryl methyl sites for hydroxylation is 3. The highest BCUT2D eigenvalue weighted by atomic mass is 35.5. The van der Waals surface area contributed by atoms with Gasteiger partial charge in [0.2, 0.25) is 0 Å². The first-order valence-electron chi connectivity index (χ1n) is 12.1. The third kappa shape index (κ3) is 6.49.